The molecule has 0 fully saturated rings. The molecule has 124 valence electrons. The molecule has 0 bridgehead atoms. The molecule has 3 N–H and O–H groups in total. The molecule has 0 aliphatic heterocycles. The highest BCUT2D eigenvalue weighted by molar-refractivity contribution is 5.46. The molecule has 2 nitrogen and oxygen atoms in total. The topological polar surface area (TPSA) is 38.0 Å². The number of alkyl halides is 5. The lowest BCUT2D eigenvalue weighted by molar-refractivity contribution is -0.291. The van der Waals surface area contributed by atoms with Gasteiger partial charge >= 0.3 is 12.1 Å². The molecule has 0 unspecified atom stereocenters. The molecule has 0 aliphatic carbocycles. The van der Waals surface area contributed by atoms with E-state index < -0.39 is 18.1 Å². The van der Waals surface area contributed by atoms with Crippen molar-refractivity contribution in [1.82, 2.24) is 0 Å². The molecular formula is C16H15F5N2. The van der Waals surface area contributed by atoms with Gasteiger partial charge in [0.2, 0.25) is 0 Å². The third kappa shape index (κ3) is 3.98. The average molecular weight is 330 g/mol. The van der Waals surface area contributed by atoms with Crippen LogP contribution in [0.3, 0.4) is 0 Å². The first kappa shape index (κ1) is 17.2. The second-order valence-electron chi connectivity index (χ2n) is 5.06. The van der Waals surface area contributed by atoms with Crippen molar-refractivity contribution in [2.45, 2.75) is 24.7 Å². The lowest BCUT2D eigenvalue weighted by Crippen LogP contribution is -2.45. The monoisotopic (exact) mass is 330 g/mol. The summed E-state index contributed by atoms with van der Waals surface area (Å²) in [7, 11) is 0. The van der Waals surface area contributed by atoms with Crippen LogP contribution in [0, 0.1) is 0 Å². The van der Waals surface area contributed by atoms with Gasteiger partial charge in [-0.25, -0.2) is 0 Å². The van der Waals surface area contributed by atoms with Crippen molar-refractivity contribution in [3.05, 3.63) is 65.7 Å². The van der Waals surface area contributed by atoms with E-state index in [9.17, 15) is 22.0 Å². The standard InChI is InChI=1S/C16H15F5N2/c17-15(18,16(19,20)21)14(22)12-6-8-13(9-7-12)23-10-11-4-2-1-3-5-11/h1-9,14,23H,10,22H2/t14-/m0/s1. The Morgan fingerprint density at radius 2 is 1.43 bits per heavy atom. The highest BCUT2D eigenvalue weighted by atomic mass is 19.4. The molecular weight excluding hydrogens is 315 g/mol. The Balaban J connectivity index is 2.04. The summed E-state index contributed by atoms with van der Waals surface area (Å²) < 4.78 is 63.4. The van der Waals surface area contributed by atoms with Crippen LogP contribution in [0.5, 0.6) is 0 Å². The summed E-state index contributed by atoms with van der Waals surface area (Å²) in [6.07, 6.45) is -5.68. The zero-order valence-electron chi connectivity index (χ0n) is 11.9. The van der Waals surface area contributed by atoms with Gasteiger partial charge in [0.25, 0.3) is 0 Å². The van der Waals surface area contributed by atoms with Gasteiger partial charge in [0.05, 0.1) is 0 Å². The van der Waals surface area contributed by atoms with Gasteiger partial charge in [-0.1, -0.05) is 42.5 Å². The molecule has 0 heterocycles. The summed E-state index contributed by atoms with van der Waals surface area (Å²) in [5.41, 5.74) is 6.41. The Bertz CT molecular complexity index is 623. The summed E-state index contributed by atoms with van der Waals surface area (Å²) in [5, 5.41) is 3.05. The molecule has 0 amide bonds. The maximum Gasteiger partial charge on any atom is 0.455 e. The summed E-state index contributed by atoms with van der Waals surface area (Å²) in [4.78, 5) is 0. The molecule has 0 spiro atoms. The van der Waals surface area contributed by atoms with Crippen molar-refractivity contribution in [1.29, 1.82) is 0 Å². The largest absolute Gasteiger partial charge is 0.455 e. The molecule has 0 saturated heterocycles. The van der Waals surface area contributed by atoms with E-state index in [1.165, 1.54) is 12.1 Å². The molecule has 0 aliphatic rings. The number of halogens is 5. The van der Waals surface area contributed by atoms with Crippen molar-refractivity contribution in [3.63, 3.8) is 0 Å². The number of nitrogens with one attached hydrogen (secondary N) is 1. The molecule has 0 saturated carbocycles. The van der Waals surface area contributed by atoms with Crippen LogP contribution in [0.2, 0.25) is 0 Å². The second kappa shape index (κ2) is 6.54. The molecule has 0 radical (unpaired) electrons. The van der Waals surface area contributed by atoms with Crippen LogP contribution in [0.4, 0.5) is 27.6 Å². The predicted molar refractivity (Wildman–Crippen MR) is 78.1 cm³/mol. The van der Waals surface area contributed by atoms with Crippen LogP contribution in [-0.4, -0.2) is 12.1 Å². The van der Waals surface area contributed by atoms with Crippen molar-refractivity contribution < 1.29 is 22.0 Å². The van der Waals surface area contributed by atoms with Crippen molar-refractivity contribution >= 4 is 5.69 Å². The number of anilines is 1. The smallest absolute Gasteiger partial charge is 0.381 e. The molecule has 0 aromatic heterocycles. The summed E-state index contributed by atoms with van der Waals surface area (Å²) >= 11 is 0. The first-order valence-corrected chi connectivity index (χ1v) is 6.79. The zero-order valence-corrected chi connectivity index (χ0v) is 11.9. The average Bonchev–Trinajstić information content (AvgIpc) is 2.52. The summed E-state index contributed by atoms with van der Waals surface area (Å²) in [6.45, 7) is 0.505. The fraction of sp³-hybridized carbons (Fsp3) is 0.250. The minimum atomic E-state index is -5.68. The van der Waals surface area contributed by atoms with Gasteiger partial charge < -0.3 is 11.1 Å². The van der Waals surface area contributed by atoms with Crippen molar-refractivity contribution in [2.75, 3.05) is 5.32 Å². The van der Waals surface area contributed by atoms with Gasteiger partial charge in [0.1, 0.15) is 6.04 Å². The van der Waals surface area contributed by atoms with E-state index in [-0.39, 0.29) is 5.56 Å². The third-order valence-electron chi connectivity index (χ3n) is 3.38. The molecule has 23 heavy (non-hydrogen) atoms. The van der Waals surface area contributed by atoms with E-state index in [4.69, 9.17) is 5.73 Å². The van der Waals surface area contributed by atoms with E-state index in [2.05, 4.69) is 5.32 Å². The predicted octanol–water partition coefficient (Wildman–Crippen LogP) is 4.50. The van der Waals surface area contributed by atoms with Crippen LogP contribution in [0.1, 0.15) is 17.2 Å². The number of nitrogens with two attached hydrogens (primary N) is 1. The first-order chi connectivity index (χ1) is 10.7. The highest BCUT2D eigenvalue weighted by Gasteiger charge is 2.61. The fourth-order valence-corrected chi connectivity index (χ4v) is 1.99. The van der Waals surface area contributed by atoms with Crippen molar-refractivity contribution in [3.8, 4) is 0 Å². The van der Waals surface area contributed by atoms with Crippen LogP contribution in [-0.2, 0) is 6.54 Å². The number of benzene rings is 2. The number of rotatable bonds is 5. The normalized spacial score (nSPS) is 13.7. The Kier molecular flexibility index (Phi) is 4.89. The van der Waals surface area contributed by atoms with Gasteiger partial charge in [-0.15, -0.1) is 0 Å². The number of hydrogen-bond acceptors (Lipinski definition) is 2. The highest BCUT2D eigenvalue weighted by Crippen LogP contribution is 2.43. The number of hydrogen-bond donors (Lipinski definition) is 2. The minimum absolute atomic E-state index is 0.280. The first-order valence-electron chi connectivity index (χ1n) is 6.79. The molecule has 7 heteroatoms. The van der Waals surface area contributed by atoms with Gasteiger partial charge in [0, 0.05) is 12.2 Å². The van der Waals surface area contributed by atoms with Gasteiger partial charge in [-0.05, 0) is 23.3 Å². The summed E-state index contributed by atoms with van der Waals surface area (Å²) in [6, 6.07) is 12.2. The van der Waals surface area contributed by atoms with Crippen LogP contribution in [0.25, 0.3) is 0 Å². The zero-order chi connectivity index (χ0) is 17.1. The molecule has 1 atom stereocenters. The van der Waals surface area contributed by atoms with E-state index in [1.54, 1.807) is 0 Å². The molecule has 2 rings (SSSR count). The second-order valence-corrected chi connectivity index (χ2v) is 5.06. The maximum atomic E-state index is 13.2. The van der Waals surface area contributed by atoms with Gasteiger partial charge in [-0.3, -0.25) is 0 Å². The molecule has 2 aromatic carbocycles. The molecule has 2 aromatic rings. The van der Waals surface area contributed by atoms with E-state index >= 15 is 0 Å². The van der Waals surface area contributed by atoms with Crippen LogP contribution in [0.15, 0.2) is 54.6 Å². The van der Waals surface area contributed by atoms with E-state index in [0.29, 0.717) is 12.2 Å². The quantitative estimate of drug-likeness (QED) is 0.793. The Morgan fingerprint density at radius 1 is 0.870 bits per heavy atom. The SMILES string of the molecule is N[C@@H](c1ccc(NCc2ccccc2)cc1)C(F)(F)C(F)(F)F. The maximum absolute atomic E-state index is 13.2. The van der Waals surface area contributed by atoms with Crippen molar-refractivity contribution in [2.24, 2.45) is 5.73 Å². The van der Waals surface area contributed by atoms with Crippen LogP contribution >= 0.6 is 0 Å². The third-order valence-corrected chi connectivity index (χ3v) is 3.38. The van der Waals surface area contributed by atoms with E-state index in [1.807, 2.05) is 30.3 Å². The van der Waals surface area contributed by atoms with Gasteiger partial charge in [-0.2, -0.15) is 22.0 Å². The van der Waals surface area contributed by atoms with E-state index in [0.717, 1.165) is 17.7 Å². The summed E-state index contributed by atoms with van der Waals surface area (Å²) in [5.74, 6) is -4.98. The Labute approximate surface area is 130 Å². The van der Waals surface area contributed by atoms with Gasteiger partial charge in [0.15, 0.2) is 0 Å². The Morgan fingerprint density at radius 3 is 1.96 bits per heavy atom. The lowest BCUT2D eigenvalue weighted by atomic mass is 10.0. The fourth-order valence-electron chi connectivity index (χ4n) is 1.99. The minimum Gasteiger partial charge on any atom is -0.381 e. The van der Waals surface area contributed by atoms with Crippen LogP contribution < -0.4 is 11.1 Å². The lowest BCUT2D eigenvalue weighted by Gasteiger charge is -2.26. The Hall–Kier alpha value is -2.15.